The van der Waals surface area contributed by atoms with E-state index < -0.39 is 0 Å². The molecule has 3 aliphatic carbocycles. The van der Waals surface area contributed by atoms with E-state index in [1.165, 1.54) is 193 Å². The Labute approximate surface area is 228 Å². The van der Waals surface area contributed by atoms with E-state index in [1.54, 1.807) is 0 Å². The van der Waals surface area contributed by atoms with Crippen LogP contribution in [0.4, 0.5) is 0 Å². The number of rotatable bonds is 0. The lowest BCUT2D eigenvalue weighted by Crippen LogP contribution is -2.05. The quantitative estimate of drug-likeness (QED) is 0.303. The van der Waals surface area contributed by atoms with E-state index in [2.05, 4.69) is 9.78 Å². The number of hydrogen-bond donors (Lipinski definition) is 0. The highest BCUT2D eigenvalue weighted by Gasteiger charge is 1.98. The van der Waals surface area contributed by atoms with Crippen molar-refractivity contribution >= 4 is 0 Å². The molecule has 36 heavy (non-hydrogen) atoms. The monoisotopic (exact) mass is 509 g/mol. The third kappa shape index (κ3) is 28.5. The summed E-state index contributed by atoms with van der Waals surface area (Å²) in [5.41, 5.74) is 0. The predicted octanol–water partition coefficient (Wildman–Crippen LogP) is 12.4. The van der Waals surface area contributed by atoms with Crippen LogP contribution in [0, 0.1) is 0 Å². The molecule has 0 spiro atoms. The Morgan fingerprint density at radius 3 is 0.306 bits per heavy atom. The lowest BCUT2D eigenvalue weighted by molar-refractivity contribution is -0.312. The summed E-state index contributed by atoms with van der Waals surface area (Å²) in [6.07, 6.45) is 47.3. The molecular weight excluding hydrogens is 440 g/mol. The lowest BCUT2D eigenvalue weighted by atomic mass is 10.0. The molecule has 0 aromatic rings. The van der Waals surface area contributed by atoms with Gasteiger partial charge in [0.1, 0.15) is 0 Å². The van der Waals surface area contributed by atoms with Gasteiger partial charge in [-0.15, -0.1) is 0 Å². The highest BCUT2D eigenvalue weighted by molar-refractivity contribution is 4.53. The van der Waals surface area contributed by atoms with Crippen molar-refractivity contribution in [2.75, 3.05) is 13.2 Å². The summed E-state index contributed by atoms with van der Waals surface area (Å²) in [5, 5.41) is 0. The third-order valence-electron chi connectivity index (χ3n) is 8.29. The van der Waals surface area contributed by atoms with Crippen LogP contribution in [0.25, 0.3) is 0 Å². The van der Waals surface area contributed by atoms with Crippen molar-refractivity contribution in [3.05, 3.63) is 0 Å². The van der Waals surface area contributed by atoms with Gasteiger partial charge in [0, 0.05) is 0 Å². The molecule has 0 unspecified atom stereocenters. The molecule has 3 saturated carbocycles. The standard InChI is InChI=1S/3C10H20.C4H8O2/c3*1-2-4-6-8-10-9-7-5-3-1;1-2-4-6-5-3-1/h3*1-10H2;1-4H2. The average Bonchev–Trinajstić information content (AvgIpc) is 2.96. The molecule has 0 aromatic carbocycles. The van der Waals surface area contributed by atoms with Crippen molar-refractivity contribution < 1.29 is 9.78 Å². The zero-order valence-electron chi connectivity index (χ0n) is 24.9. The van der Waals surface area contributed by atoms with Gasteiger partial charge >= 0.3 is 0 Å². The first kappa shape index (κ1) is 33.9. The van der Waals surface area contributed by atoms with Gasteiger partial charge in [0.05, 0.1) is 13.2 Å². The smallest absolute Gasteiger partial charge is 0.0823 e. The molecule has 216 valence electrons. The summed E-state index contributed by atoms with van der Waals surface area (Å²) in [7, 11) is 0. The van der Waals surface area contributed by atoms with Crippen LogP contribution in [-0.2, 0) is 9.78 Å². The molecule has 2 heteroatoms. The summed E-state index contributed by atoms with van der Waals surface area (Å²) in [6, 6.07) is 0. The maximum Gasteiger partial charge on any atom is 0.0823 e. The van der Waals surface area contributed by atoms with Gasteiger partial charge < -0.3 is 0 Å². The molecule has 0 bridgehead atoms. The zero-order valence-corrected chi connectivity index (χ0v) is 24.9. The Balaban J connectivity index is 0.000000244. The summed E-state index contributed by atoms with van der Waals surface area (Å²) in [4.78, 5) is 9.14. The van der Waals surface area contributed by atoms with E-state index in [9.17, 15) is 0 Å². The van der Waals surface area contributed by atoms with Crippen molar-refractivity contribution in [2.45, 2.75) is 205 Å². The van der Waals surface area contributed by atoms with Gasteiger partial charge in [0.2, 0.25) is 0 Å². The van der Waals surface area contributed by atoms with Crippen molar-refractivity contribution in [1.29, 1.82) is 0 Å². The van der Waals surface area contributed by atoms with Crippen LogP contribution in [0.1, 0.15) is 205 Å². The predicted molar refractivity (Wildman–Crippen MR) is 160 cm³/mol. The van der Waals surface area contributed by atoms with E-state index >= 15 is 0 Å². The highest BCUT2D eigenvalue weighted by atomic mass is 17.2. The second kappa shape index (κ2) is 31.1. The second-order valence-electron chi connectivity index (χ2n) is 12.0. The van der Waals surface area contributed by atoms with E-state index in [0.717, 1.165) is 26.1 Å². The second-order valence-corrected chi connectivity index (χ2v) is 12.0. The largest absolute Gasteiger partial charge is 0.237 e. The van der Waals surface area contributed by atoms with Gasteiger partial charge in [-0.2, -0.15) is 0 Å². The van der Waals surface area contributed by atoms with Crippen LogP contribution < -0.4 is 0 Å². The molecule has 0 aromatic heterocycles. The molecule has 0 amide bonds. The van der Waals surface area contributed by atoms with Crippen LogP contribution >= 0.6 is 0 Å². The molecule has 4 aliphatic rings. The molecule has 1 saturated heterocycles. The van der Waals surface area contributed by atoms with Gasteiger partial charge in [-0.25, -0.2) is 9.78 Å². The fourth-order valence-corrected chi connectivity index (χ4v) is 5.74. The Kier molecular flexibility index (Phi) is 29.4. The summed E-state index contributed by atoms with van der Waals surface area (Å²) in [6.45, 7) is 1.56. The number of hydrogen-bond acceptors (Lipinski definition) is 2. The van der Waals surface area contributed by atoms with Gasteiger partial charge in [-0.1, -0.05) is 193 Å². The minimum absolute atomic E-state index is 0.778. The van der Waals surface area contributed by atoms with Crippen molar-refractivity contribution in [2.24, 2.45) is 0 Å². The third-order valence-corrected chi connectivity index (χ3v) is 8.29. The van der Waals surface area contributed by atoms with Gasteiger partial charge in [-0.3, -0.25) is 0 Å². The molecule has 0 atom stereocenters. The minimum Gasteiger partial charge on any atom is -0.237 e. The molecule has 1 aliphatic heterocycles. The van der Waals surface area contributed by atoms with Crippen LogP contribution in [0.3, 0.4) is 0 Å². The minimum atomic E-state index is 0.778. The molecule has 1 heterocycles. The van der Waals surface area contributed by atoms with Gasteiger partial charge in [0.15, 0.2) is 0 Å². The maximum absolute atomic E-state index is 4.57. The zero-order chi connectivity index (χ0) is 25.5. The Hall–Kier alpha value is -0.0800. The molecule has 4 rings (SSSR count). The molecule has 2 nitrogen and oxygen atoms in total. The Bertz CT molecular complexity index is 221. The first-order valence-electron chi connectivity index (χ1n) is 17.2. The van der Waals surface area contributed by atoms with Crippen LogP contribution in [0.5, 0.6) is 0 Å². The fraction of sp³-hybridized carbons (Fsp3) is 1.00. The van der Waals surface area contributed by atoms with Crippen molar-refractivity contribution in [3.63, 3.8) is 0 Å². The summed E-state index contributed by atoms with van der Waals surface area (Å²) >= 11 is 0. The van der Waals surface area contributed by atoms with E-state index in [1.807, 2.05) is 0 Å². The van der Waals surface area contributed by atoms with Gasteiger partial charge in [0.25, 0.3) is 0 Å². The van der Waals surface area contributed by atoms with E-state index in [4.69, 9.17) is 0 Å². The summed E-state index contributed by atoms with van der Waals surface area (Å²) < 4.78 is 0. The normalized spacial score (nSPS) is 24.0. The molecule has 0 radical (unpaired) electrons. The first-order valence-corrected chi connectivity index (χ1v) is 17.2. The average molecular weight is 509 g/mol. The topological polar surface area (TPSA) is 18.5 Å². The van der Waals surface area contributed by atoms with Crippen molar-refractivity contribution in [3.8, 4) is 0 Å². The van der Waals surface area contributed by atoms with E-state index in [0.29, 0.717) is 0 Å². The Morgan fingerprint density at radius 2 is 0.250 bits per heavy atom. The van der Waals surface area contributed by atoms with Crippen LogP contribution in [0.15, 0.2) is 0 Å². The summed E-state index contributed by atoms with van der Waals surface area (Å²) in [5.74, 6) is 0. The lowest BCUT2D eigenvalue weighted by Gasteiger charge is -2.07. The fourth-order valence-electron chi connectivity index (χ4n) is 5.74. The van der Waals surface area contributed by atoms with E-state index in [-0.39, 0.29) is 0 Å². The van der Waals surface area contributed by atoms with Gasteiger partial charge in [-0.05, 0) is 12.8 Å². The van der Waals surface area contributed by atoms with Crippen LogP contribution in [0.2, 0.25) is 0 Å². The SMILES string of the molecule is C1CCCCCCCCC1.C1CCCCCCCCC1.C1CCCCCCCCC1.C1CCOOC1. The molecule has 0 N–H and O–H groups in total. The molecular formula is C34H68O2. The Morgan fingerprint density at radius 1 is 0.139 bits per heavy atom. The van der Waals surface area contributed by atoms with Crippen LogP contribution in [-0.4, -0.2) is 13.2 Å². The van der Waals surface area contributed by atoms with Crippen molar-refractivity contribution in [1.82, 2.24) is 0 Å². The maximum atomic E-state index is 4.57. The highest BCUT2D eigenvalue weighted by Crippen LogP contribution is 2.17. The first-order chi connectivity index (χ1) is 18.0. The molecule has 4 fully saturated rings.